The lowest BCUT2D eigenvalue weighted by molar-refractivity contribution is -0.137. The molecule has 1 N–H and O–H groups in total. The van der Waals surface area contributed by atoms with Crippen LogP contribution in [0.15, 0.2) is 82.4 Å². The van der Waals surface area contributed by atoms with Crippen LogP contribution in [0.5, 0.6) is 0 Å². The first-order valence-corrected chi connectivity index (χ1v) is 10.9. The summed E-state index contributed by atoms with van der Waals surface area (Å²) in [6.07, 6.45) is -4.51. The molecule has 1 atom stereocenters. The predicted octanol–water partition coefficient (Wildman–Crippen LogP) is 4.70. The van der Waals surface area contributed by atoms with Crippen LogP contribution >= 0.6 is 11.6 Å². The molecule has 4 rings (SSSR count). The summed E-state index contributed by atoms with van der Waals surface area (Å²) in [6.45, 7) is 1.30. The molecule has 180 valence electrons. The van der Waals surface area contributed by atoms with Gasteiger partial charge in [0.1, 0.15) is 6.04 Å². The van der Waals surface area contributed by atoms with Gasteiger partial charge in [-0.15, -0.1) is 0 Å². The third-order valence-electron chi connectivity index (χ3n) is 5.55. The molecule has 0 bridgehead atoms. The summed E-state index contributed by atoms with van der Waals surface area (Å²) in [5.74, 6) is -0.606. The first kappa shape index (κ1) is 24.3. The molecule has 0 saturated heterocycles. The molecule has 0 aliphatic heterocycles. The lowest BCUT2D eigenvalue weighted by Crippen LogP contribution is -2.43. The first-order valence-electron chi connectivity index (χ1n) is 10.5. The summed E-state index contributed by atoms with van der Waals surface area (Å²) < 4.78 is 41.1. The van der Waals surface area contributed by atoms with Crippen molar-refractivity contribution in [3.05, 3.63) is 110 Å². The second kappa shape index (κ2) is 9.42. The van der Waals surface area contributed by atoms with Crippen LogP contribution in [0.3, 0.4) is 0 Å². The fourth-order valence-corrected chi connectivity index (χ4v) is 4.00. The zero-order valence-corrected chi connectivity index (χ0v) is 19.1. The minimum atomic E-state index is -4.51. The number of benzene rings is 3. The fourth-order valence-electron chi connectivity index (χ4n) is 3.81. The lowest BCUT2D eigenvalue weighted by Gasteiger charge is -2.20. The van der Waals surface area contributed by atoms with Crippen molar-refractivity contribution in [1.29, 1.82) is 0 Å². The van der Waals surface area contributed by atoms with Crippen molar-refractivity contribution < 1.29 is 18.0 Å². The molecular weight excluding hydrogens is 483 g/mol. The molecule has 1 unspecified atom stereocenters. The molecule has 0 spiro atoms. The minimum absolute atomic E-state index is 0.173. The van der Waals surface area contributed by atoms with E-state index in [4.69, 9.17) is 11.6 Å². The van der Waals surface area contributed by atoms with Crippen LogP contribution in [0.25, 0.3) is 16.6 Å². The number of aromatic nitrogens is 2. The summed E-state index contributed by atoms with van der Waals surface area (Å²) in [5, 5.41) is 3.11. The van der Waals surface area contributed by atoms with E-state index in [9.17, 15) is 27.6 Å². The number of fused-ring (bicyclic) bond motifs is 1. The van der Waals surface area contributed by atoms with Crippen molar-refractivity contribution in [3.8, 4) is 5.69 Å². The monoisotopic (exact) mass is 501 g/mol. The zero-order valence-electron chi connectivity index (χ0n) is 18.3. The van der Waals surface area contributed by atoms with Crippen LogP contribution in [-0.2, 0) is 17.5 Å². The Morgan fingerprint density at radius 3 is 2.43 bits per heavy atom. The van der Waals surface area contributed by atoms with Crippen LogP contribution < -0.4 is 16.6 Å². The van der Waals surface area contributed by atoms with Gasteiger partial charge in [-0.1, -0.05) is 41.9 Å². The highest BCUT2D eigenvalue weighted by molar-refractivity contribution is 6.30. The Balaban J connectivity index is 1.73. The van der Waals surface area contributed by atoms with Gasteiger partial charge in [-0.3, -0.25) is 14.2 Å². The van der Waals surface area contributed by atoms with Gasteiger partial charge in [0.05, 0.1) is 22.2 Å². The number of amides is 1. The molecular formula is C25H19ClF3N3O3. The zero-order chi connectivity index (χ0) is 25.3. The van der Waals surface area contributed by atoms with Crippen LogP contribution in [0, 0.1) is 0 Å². The predicted molar refractivity (Wildman–Crippen MR) is 127 cm³/mol. The van der Waals surface area contributed by atoms with Crippen molar-refractivity contribution in [1.82, 2.24) is 14.5 Å². The van der Waals surface area contributed by atoms with E-state index in [0.29, 0.717) is 5.02 Å². The van der Waals surface area contributed by atoms with E-state index in [1.54, 1.807) is 42.5 Å². The number of nitrogens with zero attached hydrogens (tertiary/aromatic N) is 2. The standard InChI is InChI=1S/C25H19ClF3N3O3/c1-15(22(33)30-14-16-6-4-7-17(12-16)25(27,28)29)31-21-11-3-2-10-20(21)23(34)32(24(31)35)19-9-5-8-18(26)13-19/h2-13,15H,14H2,1H3,(H,30,33). The van der Waals surface area contributed by atoms with E-state index in [2.05, 4.69) is 5.32 Å². The number of hydrogen-bond donors (Lipinski definition) is 1. The Labute approximate surface area is 202 Å². The normalized spacial score (nSPS) is 12.5. The summed E-state index contributed by atoms with van der Waals surface area (Å²) in [4.78, 5) is 39.6. The first-order chi connectivity index (χ1) is 16.6. The Morgan fingerprint density at radius 1 is 1.00 bits per heavy atom. The molecule has 35 heavy (non-hydrogen) atoms. The number of alkyl halides is 3. The third-order valence-corrected chi connectivity index (χ3v) is 5.78. The molecule has 4 aromatic rings. The van der Waals surface area contributed by atoms with Gasteiger partial charge < -0.3 is 5.32 Å². The van der Waals surface area contributed by atoms with Gasteiger partial charge in [0.2, 0.25) is 5.91 Å². The van der Waals surface area contributed by atoms with E-state index in [0.717, 1.165) is 16.7 Å². The van der Waals surface area contributed by atoms with Crippen molar-refractivity contribution in [3.63, 3.8) is 0 Å². The summed E-state index contributed by atoms with van der Waals surface area (Å²) >= 11 is 6.05. The average Bonchev–Trinajstić information content (AvgIpc) is 2.82. The van der Waals surface area contributed by atoms with Crippen molar-refractivity contribution in [2.75, 3.05) is 0 Å². The van der Waals surface area contributed by atoms with Crippen molar-refractivity contribution >= 4 is 28.4 Å². The number of carbonyl (C=O) groups excluding carboxylic acids is 1. The third kappa shape index (κ3) is 4.85. The smallest absolute Gasteiger partial charge is 0.350 e. The molecule has 3 aromatic carbocycles. The van der Waals surface area contributed by atoms with Crippen molar-refractivity contribution in [2.24, 2.45) is 0 Å². The van der Waals surface area contributed by atoms with Crippen molar-refractivity contribution in [2.45, 2.75) is 25.7 Å². The number of hydrogen-bond acceptors (Lipinski definition) is 3. The fraction of sp³-hybridized carbons (Fsp3) is 0.160. The Morgan fingerprint density at radius 2 is 1.71 bits per heavy atom. The van der Waals surface area contributed by atoms with Crippen LogP contribution in [0.2, 0.25) is 5.02 Å². The highest BCUT2D eigenvalue weighted by atomic mass is 35.5. The Kier molecular flexibility index (Phi) is 6.53. The quantitative estimate of drug-likeness (QED) is 0.431. The largest absolute Gasteiger partial charge is 0.416 e. The lowest BCUT2D eigenvalue weighted by atomic mass is 10.1. The molecule has 6 nitrogen and oxygen atoms in total. The molecule has 1 heterocycles. The molecule has 0 aliphatic rings. The number of rotatable bonds is 5. The number of halogens is 4. The van der Waals surface area contributed by atoms with Gasteiger partial charge in [0.25, 0.3) is 5.56 Å². The van der Waals surface area contributed by atoms with Crippen LogP contribution in [0.4, 0.5) is 13.2 Å². The molecule has 1 amide bonds. The number of carbonyl (C=O) groups is 1. The molecule has 10 heteroatoms. The van der Waals surface area contributed by atoms with Gasteiger partial charge in [-0.05, 0) is 55.0 Å². The molecule has 0 aliphatic carbocycles. The van der Waals surface area contributed by atoms with Crippen LogP contribution in [0.1, 0.15) is 24.1 Å². The van der Waals surface area contributed by atoms with Gasteiger partial charge in [-0.2, -0.15) is 13.2 Å². The average molecular weight is 502 g/mol. The summed E-state index contributed by atoms with van der Waals surface area (Å²) in [5.41, 5.74) is -1.40. The topological polar surface area (TPSA) is 73.1 Å². The van der Waals surface area contributed by atoms with E-state index in [-0.39, 0.29) is 28.7 Å². The maximum Gasteiger partial charge on any atom is 0.416 e. The second-order valence-corrected chi connectivity index (χ2v) is 8.32. The molecule has 0 radical (unpaired) electrons. The van der Waals surface area contributed by atoms with Gasteiger partial charge >= 0.3 is 11.9 Å². The SMILES string of the molecule is CC(C(=O)NCc1cccc(C(F)(F)F)c1)n1c(=O)n(-c2cccc(Cl)c2)c(=O)c2ccccc21. The molecule has 0 saturated carbocycles. The molecule has 1 aromatic heterocycles. The van der Waals surface area contributed by atoms with E-state index in [1.165, 1.54) is 29.7 Å². The summed E-state index contributed by atoms with van der Waals surface area (Å²) in [7, 11) is 0. The molecule has 0 fully saturated rings. The van der Waals surface area contributed by atoms with Gasteiger partial charge in [0, 0.05) is 11.6 Å². The van der Waals surface area contributed by atoms with E-state index in [1.807, 2.05) is 0 Å². The maximum absolute atomic E-state index is 13.5. The summed E-state index contributed by atoms with van der Waals surface area (Å²) in [6, 6.07) is 16.1. The highest BCUT2D eigenvalue weighted by Crippen LogP contribution is 2.29. The highest BCUT2D eigenvalue weighted by Gasteiger charge is 2.30. The van der Waals surface area contributed by atoms with Crippen LogP contribution in [-0.4, -0.2) is 15.0 Å². The minimum Gasteiger partial charge on any atom is -0.350 e. The van der Waals surface area contributed by atoms with E-state index < -0.39 is 34.9 Å². The Hall–Kier alpha value is -3.85. The Bertz CT molecular complexity index is 1540. The number of nitrogens with one attached hydrogen (secondary N) is 1. The van der Waals surface area contributed by atoms with Gasteiger partial charge in [0.15, 0.2) is 0 Å². The maximum atomic E-state index is 13.5. The van der Waals surface area contributed by atoms with Gasteiger partial charge in [-0.25, -0.2) is 9.36 Å². The number of para-hydroxylation sites is 1. The second-order valence-electron chi connectivity index (χ2n) is 7.88. The van der Waals surface area contributed by atoms with E-state index >= 15 is 0 Å².